The number of rotatable bonds is 5. The van der Waals surface area contributed by atoms with Gasteiger partial charge in [-0.2, -0.15) is 0 Å². The zero-order valence-electron chi connectivity index (χ0n) is 17.1. The molecular formula is C21H30ClN3O4. The van der Waals surface area contributed by atoms with Crippen molar-refractivity contribution < 1.29 is 19.1 Å². The van der Waals surface area contributed by atoms with Gasteiger partial charge >= 0.3 is 0 Å². The molecule has 0 bridgehead atoms. The van der Waals surface area contributed by atoms with Gasteiger partial charge in [-0.15, -0.1) is 12.4 Å². The molecule has 2 N–H and O–H groups in total. The number of carbonyl (C=O) groups excluding carboxylic acids is 2. The first kappa shape index (κ1) is 21.7. The van der Waals surface area contributed by atoms with Crippen LogP contribution in [0.1, 0.15) is 42.5 Å². The average molecular weight is 424 g/mol. The predicted molar refractivity (Wildman–Crippen MR) is 113 cm³/mol. The lowest BCUT2D eigenvalue weighted by Gasteiger charge is -2.23. The van der Waals surface area contributed by atoms with Gasteiger partial charge in [0.05, 0.1) is 25.5 Å². The van der Waals surface area contributed by atoms with E-state index in [4.69, 9.17) is 9.47 Å². The number of hydrogen-bond donors (Lipinski definition) is 2. The van der Waals surface area contributed by atoms with Gasteiger partial charge in [0, 0.05) is 25.1 Å². The fourth-order valence-electron chi connectivity index (χ4n) is 4.67. The van der Waals surface area contributed by atoms with Crippen molar-refractivity contribution in [3.63, 3.8) is 0 Å². The molecule has 1 atom stereocenters. The molecule has 7 nitrogen and oxygen atoms in total. The lowest BCUT2D eigenvalue weighted by atomic mass is 9.91. The van der Waals surface area contributed by atoms with E-state index in [1.807, 2.05) is 4.90 Å². The SMILES string of the molecule is COc1cc(NC(=O)C2CC23CCNCC3)c(C(=O)N2CCCC2)cc1OC.Cl. The Balaban J connectivity index is 0.00000240. The smallest absolute Gasteiger partial charge is 0.256 e. The molecule has 8 heteroatoms. The Bertz CT molecular complexity index is 773. The molecule has 3 fully saturated rings. The third-order valence-corrected chi connectivity index (χ3v) is 6.51. The van der Waals surface area contributed by atoms with Gasteiger partial charge in [0.15, 0.2) is 11.5 Å². The minimum atomic E-state index is -0.0684. The van der Waals surface area contributed by atoms with Crippen molar-refractivity contribution in [3.8, 4) is 11.5 Å². The summed E-state index contributed by atoms with van der Waals surface area (Å²) in [6.45, 7) is 3.44. The molecule has 2 aliphatic heterocycles. The number of methoxy groups -OCH3 is 2. The average Bonchev–Trinajstić information content (AvgIpc) is 3.15. The van der Waals surface area contributed by atoms with Crippen LogP contribution in [0.15, 0.2) is 12.1 Å². The van der Waals surface area contributed by atoms with Gasteiger partial charge in [-0.1, -0.05) is 0 Å². The number of halogens is 1. The summed E-state index contributed by atoms with van der Waals surface area (Å²) in [7, 11) is 3.10. The minimum absolute atomic E-state index is 0. The number of ether oxygens (including phenoxy) is 2. The Hall–Kier alpha value is -1.99. The van der Waals surface area contributed by atoms with E-state index in [0.29, 0.717) is 22.7 Å². The number of anilines is 1. The Morgan fingerprint density at radius 1 is 1.10 bits per heavy atom. The van der Waals surface area contributed by atoms with Gasteiger partial charge in [-0.3, -0.25) is 9.59 Å². The van der Waals surface area contributed by atoms with E-state index in [1.165, 1.54) is 0 Å². The van der Waals surface area contributed by atoms with Gasteiger partial charge < -0.3 is 25.0 Å². The second-order valence-corrected chi connectivity index (χ2v) is 8.11. The summed E-state index contributed by atoms with van der Waals surface area (Å²) in [6.07, 6.45) is 5.04. The van der Waals surface area contributed by atoms with Gasteiger partial charge in [0.1, 0.15) is 0 Å². The summed E-state index contributed by atoms with van der Waals surface area (Å²) in [5, 5.41) is 6.39. The van der Waals surface area contributed by atoms with Crippen molar-refractivity contribution in [2.75, 3.05) is 45.7 Å². The van der Waals surface area contributed by atoms with E-state index in [2.05, 4.69) is 10.6 Å². The second kappa shape index (κ2) is 8.79. The van der Waals surface area contributed by atoms with Crippen molar-refractivity contribution in [2.24, 2.45) is 11.3 Å². The molecule has 1 aliphatic carbocycles. The van der Waals surface area contributed by atoms with Crippen LogP contribution in [-0.2, 0) is 4.79 Å². The van der Waals surface area contributed by atoms with Crippen molar-refractivity contribution in [3.05, 3.63) is 17.7 Å². The van der Waals surface area contributed by atoms with E-state index < -0.39 is 0 Å². The molecule has 2 heterocycles. The first-order valence-electron chi connectivity index (χ1n) is 10.1. The molecule has 29 heavy (non-hydrogen) atoms. The van der Waals surface area contributed by atoms with Crippen molar-refractivity contribution in [1.29, 1.82) is 0 Å². The van der Waals surface area contributed by atoms with E-state index in [-0.39, 0.29) is 35.6 Å². The number of amides is 2. The summed E-state index contributed by atoms with van der Waals surface area (Å²) < 4.78 is 10.8. The van der Waals surface area contributed by atoms with Crippen molar-refractivity contribution >= 4 is 29.9 Å². The highest BCUT2D eigenvalue weighted by Gasteiger charge is 2.57. The first-order valence-corrected chi connectivity index (χ1v) is 10.1. The maximum absolute atomic E-state index is 13.1. The number of likely N-dealkylation sites (tertiary alicyclic amines) is 1. The zero-order valence-corrected chi connectivity index (χ0v) is 17.9. The molecule has 1 aromatic carbocycles. The van der Waals surface area contributed by atoms with Crippen LogP contribution in [0, 0.1) is 11.3 Å². The van der Waals surface area contributed by atoms with Crippen LogP contribution < -0.4 is 20.1 Å². The molecule has 1 saturated carbocycles. The lowest BCUT2D eigenvalue weighted by molar-refractivity contribution is -0.118. The number of nitrogens with zero attached hydrogens (tertiary/aromatic N) is 1. The predicted octanol–water partition coefficient (Wildman–Crippen LogP) is 2.69. The van der Waals surface area contributed by atoms with Gasteiger partial charge in [-0.05, 0) is 56.7 Å². The van der Waals surface area contributed by atoms with Gasteiger partial charge in [0.25, 0.3) is 5.91 Å². The Labute approximate surface area is 177 Å². The summed E-state index contributed by atoms with van der Waals surface area (Å²) >= 11 is 0. The van der Waals surface area contributed by atoms with Crippen LogP contribution in [-0.4, -0.2) is 57.1 Å². The summed E-state index contributed by atoms with van der Waals surface area (Å²) in [4.78, 5) is 27.9. The zero-order chi connectivity index (χ0) is 19.7. The van der Waals surface area contributed by atoms with Crippen molar-refractivity contribution in [2.45, 2.75) is 32.1 Å². The number of piperidine rings is 1. The Morgan fingerprint density at radius 3 is 2.34 bits per heavy atom. The third-order valence-electron chi connectivity index (χ3n) is 6.51. The normalized spacial score (nSPS) is 22.0. The number of hydrogen-bond acceptors (Lipinski definition) is 5. The van der Waals surface area contributed by atoms with E-state index in [1.54, 1.807) is 26.4 Å². The molecule has 1 spiro atoms. The fourth-order valence-corrected chi connectivity index (χ4v) is 4.67. The molecule has 4 rings (SSSR count). The largest absolute Gasteiger partial charge is 0.493 e. The van der Waals surface area contributed by atoms with Crippen LogP contribution in [0.25, 0.3) is 0 Å². The minimum Gasteiger partial charge on any atom is -0.493 e. The Kier molecular flexibility index (Phi) is 6.58. The molecule has 0 aromatic heterocycles. The topological polar surface area (TPSA) is 79.9 Å². The molecular weight excluding hydrogens is 394 g/mol. The monoisotopic (exact) mass is 423 g/mol. The highest BCUT2D eigenvalue weighted by atomic mass is 35.5. The molecule has 1 unspecified atom stereocenters. The lowest BCUT2D eigenvalue weighted by Crippen LogP contribution is -2.32. The molecule has 160 valence electrons. The van der Waals surface area contributed by atoms with E-state index >= 15 is 0 Å². The molecule has 2 amide bonds. The molecule has 2 saturated heterocycles. The number of benzene rings is 1. The standard InChI is InChI=1S/C21H29N3O4.ClH/c1-27-17-11-14(20(26)24-9-3-4-10-24)16(12-18(17)28-2)23-19(25)15-13-21(15)5-7-22-8-6-21;/h11-12,15,22H,3-10,13H2,1-2H3,(H,23,25);1H. The quantitative estimate of drug-likeness (QED) is 0.761. The first-order chi connectivity index (χ1) is 13.6. The highest BCUT2D eigenvalue weighted by molar-refractivity contribution is 6.05. The van der Waals surface area contributed by atoms with Crippen LogP contribution in [0.4, 0.5) is 5.69 Å². The highest BCUT2D eigenvalue weighted by Crippen LogP contribution is 2.58. The van der Waals surface area contributed by atoms with Crippen LogP contribution in [0.2, 0.25) is 0 Å². The summed E-state index contributed by atoms with van der Waals surface area (Å²) in [5.74, 6) is 0.954. The van der Waals surface area contributed by atoms with E-state index in [9.17, 15) is 9.59 Å². The molecule has 1 aromatic rings. The third kappa shape index (κ3) is 4.16. The summed E-state index contributed by atoms with van der Waals surface area (Å²) in [6, 6.07) is 3.39. The van der Waals surface area contributed by atoms with Gasteiger partial charge in [-0.25, -0.2) is 0 Å². The Morgan fingerprint density at radius 2 is 1.72 bits per heavy atom. The fraction of sp³-hybridized carbons (Fsp3) is 0.619. The summed E-state index contributed by atoms with van der Waals surface area (Å²) in [5.41, 5.74) is 1.12. The maximum Gasteiger partial charge on any atom is 0.256 e. The van der Waals surface area contributed by atoms with Crippen LogP contribution in [0.5, 0.6) is 11.5 Å². The number of nitrogens with one attached hydrogen (secondary N) is 2. The van der Waals surface area contributed by atoms with Crippen molar-refractivity contribution in [1.82, 2.24) is 10.2 Å². The van der Waals surface area contributed by atoms with Gasteiger partial charge in [0.2, 0.25) is 5.91 Å². The molecule has 0 radical (unpaired) electrons. The molecule has 3 aliphatic rings. The second-order valence-electron chi connectivity index (χ2n) is 8.11. The maximum atomic E-state index is 13.1. The van der Waals surface area contributed by atoms with Crippen LogP contribution >= 0.6 is 12.4 Å². The van der Waals surface area contributed by atoms with E-state index in [0.717, 1.165) is 58.3 Å². The number of carbonyl (C=O) groups is 2. The van der Waals surface area contributed by atoms with Crippen LogP contribution in [0.3, 0.4) is 0 Å².